The van der Waals surface area contributed by atoms with E-state index < -0.39 is 0 Å². The molecule has 0 radical (unpaired) electrons. The average molecular weight is 342 g/mol. The fourth-order valence-corrected chi connectivity index (χ4v) is 2.65. The number of nitrogens with one attached hydrogen (secondary N) is 2. The van der Waals surface area contributed by atoms with Crippen molar-refractivity contribution in [1.82, 2.24) is 20.1 Å². The standard InChI is InChI=1S/C18H22N4O3/c1-13-14(11-20-21-13)10-19-18(23)12-25-17-5-3-4-16-15(17)6-7-22(16)8-9-24-2/h3-7,11H,8-10,12H2,1-2H3,(H,19,23)(H,20,21). The molecule has 1 amide bonds. The first-order chi connectivity index (χ1) is 12.2. The van der Waals surface area contributed by atoms with E-state index in [0.29, 0.717) is 18.9 Å². The maximum absolute atomic E-state index is 12.0. The molecule has 0 aliphatic heterocycles. The zero-order chi connectivity index (χ0) is 17.6. The van der Waals surface area contributed by atoms with E-state index in [1.54, 1.807) is 13.3 Å². The number of benzene rings is 1. The molecule has 0 aliphatic rings. The van der Waals surface area contributed by atoms with Crippen molar-refractivity contribution in [2.24, 2.45) is 0 Å². The van der Waals surface area contributed by atoms with E-state index in [9.17, 15) is 4.79 Å². The Morgan fingerprint density at radius 2 is 2.24 bits per heavy atom. The highest BCUT2D eigenvalue weighted by atomic mass is 16.5. The van der Waals surface area contributed by atoms with E-state index in [2.05, 4.69) is 20.1 Å². The zero-order valence-corrected chi connectivity index (χ0v) is 14.4. The quantitative estimate of drug-likeness (QED) is 0.656. The number of fused-ring (bicyclic) bond motifs is 1. The van der Waals surface area contributed by atoms with Crippen molar-refractivity contribution in [2.45, 2.75) is 20.0 Å². The molecule has 25 heavy (non-hydrogen) atoms. The monoisotopic (exact) mass is 342 g/mol. The van der Waals surface area contributed by atoms with E-state index in [1.807, 2.05) is 37.4 Å². The summed E-state index contributed by atoms with van der Waals surface area (Å²) in [6.07, 6.45) is 3.71. The molecule has 0 bridgehead atoms. The molecular weight excluding hydrogens is 320 g/mol. The minimum atomic E-state index is -0.170. The summed E-state index contributed by atoms with van der Waals surface area (Å²) in [5.41, 5.74) is 2.97. The van der Waals surface area contributed by atoms with E-state index in [1.165, 1.54) is 0 Å². The average Bonchev–Trinajstić information content (AvgIpc) is 3.22. The maximum atomic E-state index is 12.0. The Morgan fingerprint density at radius 1 is 1.36 bits per heavy atom. The molecule has 0 fully saturated rings. The fourth-order valence-electron chi connectivity index (χ4n) is 2.65. The van der Waals surface area contributed by atoms with Crippen molar-refractivity contribution in [3.05, 3.63) is 47.9 Å². The SMILES string of the molecule is COCCn1ccc2c(OCC(=O)NCc3cn[nH]c3C)cccc21. The van der Waals surface area contributed by atoms with Gasteiger partial charge in [-0.1, -0.05) is 6.07 Å². The van der Waals surface area contributed by atoms with Gasteiger partial charge in [0.15, 0.2) is 6.61 Å². The minimum Gasteiger partial charge on any atom is -0.483 e. The summed E-state index contributed by atoms with van der Waals surface area (Å²) in [5, 5.41) is 10.6. The third-order valence-electron chi connectivity index (χ3n) is 4.08. The van der Waals surface area contributed by atoms with Gasteiger partial charge >= 0.3 is 0 Å². The van der Waals surface area contributed by atoms with Crippen LogP contribution in [0.4, 0.5) is 0 Å². The van der Waals surface area contributed by atoms with Gasteiger partial charge in [-0.2, -0.15) is 5.10 Å². The predicted octanol–water partition coefficient (Wildman–Crippen LogP) is 2.01. The Kier molecular flexibility index (Phi) is 5.35. The van der Waals surface area contributed by atoms with Gasteiger partial charge in [0.25, 0.3) is 5.91 Å². The number of hydrogen-bond acceptors (Lipinski definition) is 4. The number of aryl methyl sites for hydroxylation is 1. The van der Waals surface area contributed by atoms with E-state index in [0.717, 1.165) is 28.7 Å². The van der Waals surface area contributed by atoms with Gasteiger partial charge in [-0.25, -0.2) is 0 Å². The van der Waals surface area contributed by atoms with Gasteiger partial charge in [0.05, 0.1) is 18.3 Å². The lowest BCUT2D eigenvalue weighted by Gasteiger charge is -2.09. The number of aromatic nitrogens is 3. The van der Waals surface area contributed by atoms with Gasteiger partial charge in [0.1, 0.15) is 5.75 Å². The first kappa shape index (κ1) is 17.0. The third kappa shape index (κ3) is 4.00. The molecule has 7 nitrogen and oxygen atoms in total. The lowest BCUT2D eigenvalue weighted by molar-refractivity contribution is -0.123. The van der Waals surface area contributed by atoms with Crippen molar-refractivity contribution in [1.29, 1.82) is 0 Å². The fraction of sp³-hybridized carbons (Fsp3) is 0.333. The molecule has 0 spiro atoms. The van der Waals surface area contributed by atoms with Gasteiger partial charge in [0.2, 0.25) is 0 Å². The molecule has 2 N–H and O–H groups in total. The van der Waals surface area contributed by atoms with Crippen LogP contribution in [0.1, 0.15) is 11.3 Å². The van der Waals surface area contributed by atoms with Crippen LogP contribution in [0.3, 0.4) is 0 Å². The highest BCUT2D eigenvalue weighted by molar-refractivity contribution is 5.87. The molecule has 7 heteroatoms. The molecule has 2 aromatic heterocycles. The molecule has 3 rings (SSSR count). The number of aromatic amines is 1. The van der Waals surface area contributed by atoms with Crippen LogP contribution >= 0.6 is 0 Å². The highest BCUT2D eigenvalue weighted by Crippen LogP contribution is 2.26. The number of rotatable bonds is 8. The van der Waals surface area contributed by atoms with Crippen LogP contribution in [0, 0.1) is 6.92 Å². The second kappa shape index (κ2) is 7.85. The Morgan fingerprint density at radius 3 is 3.00 bits per heavy atom. The molecule has 132 valence electrons. The van der Waals surface area contributed by atoms with Gasteiger partial charge in [0, 0.05) is 43.0 Å². The van der Waals surface area contributed by atoms with Crippen molar-refractivity contribution < 1.29 is 14.3 Å². The summed E-state index contributed by atoms with van der Waals surface area (Å²) >= 11 is 0. The Bertz CT molecular complexity index is 853. The summed E-state index contributed by atoms with van der Waals surface area (Å²) in [5.74, 6) is 0.528. The van der Waals surface area contributed by atoms with Crippen LogP contribution in [-0.4, -0.2) is 41.0 Å². The Labute approximate surface area is 145 Å². The highest BCUT2D eigenvalue weighted by Gasteiger charge is 2.09. The molecule has 0 aliphatic carbocycles. The van der Waals surface area contributed by atoms with E-state index in [4.69, 9.17) is 9.47 Å². The molecule has 2 heterocycles. The summed E-state index contributed by atoms with van der Waals surface area (Å²) < 4.78 is 13.0. The Hall–Kier alpha value is -2.80. The summed E-state index contributed by atoms with van der Waals surface area (Å²) in [7, 11) is 1.68. The van der Waals surface area contributed by atoms with E-state index >= 15 is 0 Å². The second-order valence-corrected chi connectivity index (χ2v) is 5.78. The smallest absolute Gasteiger partial charge is 0.258 e. The number of carbonyl (C=O) groups excluding carboxylic acids is 1. The largest absolute Gasteiger partial charge is 0.483 e. The maximum Gasteiger partial charge on any atom is 0.258 e. The van der Waals surface area contributed by atoms with Crippen LogP contribution < -0.4 is 10.1 Å². The van der Waals surface area contributed by atoms with Crippen LogP contribution in [-0.2, 0) is 22.6 Å². The normalized spacial score (nSPS) is 11.0. The summed E-state index contributed by atoms with van der Waals surface area (Å²) in [6, 6.07) is 7.82. The molecule has 3 aromatic rings. The topological polar surface area (TPSA) is 81.2 Å². The van der Waals surface area contributed by atoms with Crippen LogP contribution in [0.2, 0.25) is 0 Å². The number of amides is 1. The van der Waals surface area contributed by atoms with Gasteiger partial charge in [-0.05, 0) is 25.1 Å². The van der Waals surface area contributed by atoms with Crippen molar-refractivity contribution in [3.63, 3.8) is 0 Å². The number of methoxy groups -OCH3 is 1. The summed E-state index contributed by atoms with van der Waals surface area (Å²) in [6.45, 7) is 3.74. The minimum absolute atomic E-state index is 0.0285. The van der Waals surface area contributed by atoms with Crippen LogP contribution in [0.25, 0.3) is 10.9 Å². The lowest BCUT2D eigenvalue weighted by atomic mass is 10.2. The van der Waals surface area contributed by atoms with Gasteiger partial charge in [-0.15, -0.1) is 0 Å². The number of carbonyl (C=O) groups is 1. The molecular formula is C18H22N4O3. The Balaban J connectivity index is 1.60. The lowest BCUT2D eigenvalue weighted by Crippen LogP contribution is -2.28. The number of H-pyrrole nitrogens is 1. The van der Waals surface area contributed by atoms with Crippen molar-refractivity contribution in [3.8, 4) is 5.75 Å². The molecule has 0 saturated heterocycles. The molecule has 0 saturated carbocycles. The number of nitrogens with zero attached hydrogens (tertiary/aromatic N) is 2. The van der Waals surface area contributed by atoms with Crippen LogP contribution in [0.5, 0.6) is 5.75 Å². The van der Waals surface area contributed by atoms with Gasteiger partial charge < -0.3 is 19.4 Å². The second-order valence-electron chi connectivity index (χ2n) is 5.78. The van der Waals surface area contributed by atoms with Crippen LogP contribution in [0.15, 0.2) is 36.7 Å². The first-order valence-corrected chi connectivity index (χ1v) is 8.14. The van der Waals surface area contributed by atoms with E-state index in [-0.39, 0.29) is 12.5 Å². The predicted molar refractivity (Wildman–Crippen MR) is 94.5 cm³/mol. The number of ether oxygens (including phenoxy) is 2. The molecule has 1 aromatic carbocycles. The summed E-state index contributed by atoms with van der Waals surface area (Å²) in [4.78, 5) is 12.0. The zero-order valence-electron chi connectivity index (χ0n) is 14.4. The first-order valence-electron chi connectivity index (χ1n) is 8.14. The number of hydrogen-bond donors (Lipinski definition) is 2. The third-order valence-corrected chi connectivity index (χ3v) is 4.08. The molecule has 0 unspecified atom stereocenters. The van der Waals surface area contributed by atoms with Crippen molar-refractivity contribution in [2.75, 3.05) is 20.3 Å². The van der Waals surface area contributed by atoms with Gasteiger partial charge in [-0.3, -0.25) is 9.89 Å². The van der Waals surface area contributed by atoms with Crippen molar-refractivity contribution >= 4 is 16.8 Å². The molecule has 0 atom stereocenters.